The molecule has 0 saturated heterocycles. The second-order valence-corrected chi connectivity index (χ2v) is 2.96. The van der Waals surface area contributed by atoms with Gasteiger partial charge in [-0.1, -0.05) is 11.6 Å². The molecule has 10 heavy (non-hydrogen) atoms. The Kier molecular flexibility index (Phi) is 2.40. The molecule has 0 aliphatic rings. The molecule has 0 bridgehead atoms. The summed E-state index contributed by atoms with van der Waals surface area (Å²) in [5.41, 5.74) is 0. The molecule has 0 N–H and O–H groups in total. The fraction of sp³-hybridized carbons (Fsp3) is 0. The van der Waals surface area contributed by atoms with E-state index in [2.05, 4.69) is 4.98 Å². The zero-order valence-corrected chi connectivity index (χ0v) is 7.45. The van der Waals surface area contributed by atoms with Gasteiger partial charge in [0.15, 0.2) is 16.8 Å². The highest BCUT2D eigenvalue weighted by Crippen LogP contribution is 2.19. The van der Waals surface area contributed by atoms with Crippen LogP contribution in [0, 0.1) is 15.2 Å². The van der Waals surface area contributed by atoms with Crippen molar-refractivity contribution < 1.29 is 8.78 Å². The summed E-state index contributed by atoms with van der Waals surface area (Å²) in [5.74, 6) is -1.50. The lowest BCUT2D eigenvalue weighted by Crippen LogP contribution is -1.91. The van der Waals surface area contributed by atoms with Gasteiger partial charge in [-0.2, -0.15) is 0 Å². The maximum absolute atomic E-state index is 12.5. The van der Waals surface area contributed by atoms with Crippen molar-refractivity contribution in [3.63, 3.8) is 0 Å². The van der Waals surface area contributed by atoms with Crippen molar-refractivity contribution in [2.75, 3.05) is 0 Å². The molecule has 0 fully saturated rings. The first-order chi connectivity index (χ1) is 4.63. The van der Waals surface area contributed by atoms with Gasteiger partial charge in [0.2, 0.25) is 0 Å². The molecule has 5 heteroatoms. The Bertz CT molecular complexity index is 239. The van der Waals surface area contributed by atoms with Crippen LogP contribution in [0.3, 0.4) is 0 Å². The molecule has 1 nitrogen and oxygen atoms in total. The Morgan fingerprint density at radius 2 is 2.10 bits per heavy atom. The van der Waals surface area contributed by atoms with Gasteiger partial charge in [-0.25, -0.2) is 13.8 Å². The molecule has 0 aliphatic heterocycles. The minimum atomic E-state index is -0.803. The quantitative estimate of drug-likeness (QED) is 0.524. The zero-order chi connectivity index (χ0) is 7.72. The molecular weight excluding hydrogens is 274 g/mol. The van der Waals surface area contributed by atoms with Gasteiger partial charge < -0.3 is 0 Å². The first-order valence-corrected chi connectivity index (χ1v) is 3.73. The van der Waals surface area contributed by atoms with Crippen LogP contribution in [-0.4, -0.2) is 4.98 Å². The highest BCUT2D eigenvalue weighted by Gasteiger charge is 2.09. The van der Waals surface area contributed by atoms with Crippen molar-refractivity contribution >= 4 is 34.2 Å². The molecule has 0 aliphatic carbocycles. The number of aromatic nitrogens is 1. The average Bonchev–Trinajstić information content (AvgIpc) is 1.93. The molecule has 1 aromatic heterocycles. The van der Waals surface area contributed by atoms with E-state index in [1.807, 2.05) is 0 Å². The number of nitrogens with zero attached hydrogens (tertiary/aromatic N) is 1. The van der Waals surface area contributed by atoms with Crippen LogP contribution < -0.4 is 0 Å². The van der Waals surface area contributed by atoms with Gasteiger partial charge in [-0.3, -0.25) is 0 Å². The molecule has 0 amide bonds. The van der Waals surface area contributed by atoms with Gasteiger partial charge >= 0.3 is 0 Å². The van der Waals surface area contributed by atoms with Crippen molar-refractivity contribution in [3.8, 4) is 0 Å². The minimum absolute atomic E-state index is 0.127. The molecule has 0 saturated carbocycles. The molecule has 1 heterocycles. The summed E-state index contributed by atoms with van der Waals surface area (Å²) in [5, 5.41) is -0.300. The molecule has 0 atom stereocenters. The van der Waals surface area contributed by atoms with E-state index in [1.165, 1.54) is 22.6 Å². The molecular formula is C5HClF2IN. The highest BCUT2D eigenvalue weighted by molar-refractivity contribution is 14.1. The van der Waals surface area contributed by atoms with Gasteiger partial charge in [0, 0.05) is 0 Å². The van der Waals surface area contributed by atoms with Crippen LogP contribution in [0.1, 0.15) is 0 Å². The largest absolute Gasteiger partial charge is 0.238 e. The summed E-state index contributed by atoms with van der Waals surface area (Å²) >= 11 is 6.75. The summed E-state index contributed by atoms with van der Waals surface area (Å²) in [6.07, 6.45) is 0.882. The maximum Gasteiger partial charge on any atom is 0.176 e. The van der Waals surface area contributed by atoms with E-state index in [0.717, 1.165) is 6.20 Å². The summed E-state index contributed by atoms with van der Waals surface area (Å²) in [7, 11) is 0. The lowest BCUT2D eigenvalue weighted by atomic mass is 10.5. The Hall–Kier alpha value is 0.0300. The van der Waals surface area contributed by atoms with E-state index in [9.17, 15) is 8.78 Å². The molecule has 0 unspecified atom stereocenters. The predicted molar refractivity (Wildman–Crippen MR) is 41.9 cm³/mol. The second kappa shape index (κ2) is 2.96. The van der Waals surface area contributed by atoms with Crippen LogP contribution in [-0.2, 0) is 0 Å². The average molecular weight is 275 g/mol. The monoisotopic (exact) mass is 275 g/mol. The van der Waals surface area contributed by atoms with Gasteiger partial charge in [0.05, 0.1) is 9.77 Å². The first kappa shape index (κ1) is 8.13. The fourth-order valence-electron chi connectivity index (χ4n) is 0.422. The maximum atomic E-state index is 12.5. The third kappa shape index (κ3) is 1.37. The standard InChI is InChI=1S/C5HClF2IN/c6-5-3(8)4(9)2(7)1-10-5/h1H. The molecule has 0 aromatic carbocycles. The number of pyridine rings is 1. The topological polar surface area (TPSA) is 12.9 Å². The van der Waals surface area contributed by atoms with Crippen LogP contribution in [0.25, 0.3) is 0 Å². The molecule has 54 valence electrons. The fourth-order valence-corrected chi connectivity index (χ4v) is 1.12. The Morgan fingerprint density at radius 1 is 1.50 bits per heavy atom. The Labute approximate surface area is 74.5 Å². The van der Waals surface area contributed by atoms with Gasteiger partial charge in [0.25, 0.3) is 0 Å². The van der Waals surface area contributed by atoms with Crippen LogP contribution in [0.2, 0.25) is 5.15 Å². The van der Waals surface area contributed by atoms with E-state index < -0.39 is 11.6 Å². The van der Waals surface area contributed by atoms with Crippen molar-refractivity contribution in [2.24, 2.45) is 0 Å². The van der Waals surface area contributed by atoms with Gasteiger partial charge in [0.1, 0.15) is 0 Å². The SMILES string of the molecule is Fc1cnc(Cl)c(F)c1I. The van der Waals surface area contributed by atoms with Crippen molar-refractivity contribution in [1.82, 2.24) is 4.98 Å². The van der Waals surface area contributed by atoms with E-state index in [1.54, 1.807) is 0 Å². The lowest BCUT2D eigenvalue weighted by Gasteiger charge is -1.95. The first-order valence-electron chi connectivity index (χ1n) is 2.28. The summed E-state index contributed by atoms with van der Waals surface area (Å²) in [6.45, 7) is 0. The Balaban J connectivity index is 3.34. The van der Waals surface area contributed by atoms with E-state index in [4.69, 9.17) is 11.6 Å². The van der Waals surface area contributed by atoms with Crippen molar-refractivity contribution in [3.05, 3.63) is 26.6 Å². The minimum Gasteiger partial charge on any atom is -0.238 e. The van der Waals surface area contributed by atoms with Gasteiger partial charge in [-0.05, 0) is 22.6 Å². The number of hydrogen-bond acceptors (Lipinski definition) is 1. The normalized spacial score (nSPS) is 10.0. The molecule has 1 aromatic rings. The molecule has 0 spiro atoms. The molecule has 0 radical (unpaired) electrons. The summed E-state index contributed by atoms with van der Waals surface area (Å²) in [4.78, 5) is 3.25. The van der Waals surface area contributed by atoms with Crippen LogP contribution in [0.5, 0.6) is 0 Å². The summed E-state index contributed by atoms with van der Waals surface area (Å²) < 4.78 is 24.8. The Morgan fingerprint density at radius 3 is 2.60 bits per heavy atom. The van der Waals surface area contributed by atoms with Crippen LogP contribution in [0.4, 0.5) is 8.78 Å². The number of rotatable bonds is 0. The highest BCUT2D eigenvalue weighted by atomic mass is 127. The van der Waals surface area contributed by atoms with Crippen LogP contribution in [0.15, 0.2) is 6.20 Å². The molecule has 1 rings (SSSR count). The van der Waals surface area contributed by atoms with E-state index in [0.29, 0.717) is 0 Å². The van der Waals surface area contributed by atoms with Crippen molar-refractivity contribution in [2.45, 2.75) is 0 Å². The van der Waals surface area contributed by atoms with Crippen LogP contribution >= 0.6 is 34.2 Å². The summed E-state index contributed by atoms with van der Waals surface area (Å²) in [6, 6.07) is 0. The smallest absolute Gasteiger partial charge is 0.176 e. The van der Waals surface area contributed by atoms with Gasteiger partial charge in [-0.15, -0.1) is 0 Å². The lowest BCUT2D eigenvalue weighted by molar-refractivity contribution is 0.560. The zero-order valence-electron chi connectivity index (χ0n) is 4.54. The third-order valence-corrected chi connectivity index (χ3v) is 2.13. The number of halogens is 4. The van der Waals surface area contributed by atoms with Crippen molar-refractivity contribution in [1.29, 1.82) is 0 Å². The number of hydrogen-bond donors (Lipinski definition) is 0. The van der Waals surface area contributed by atoms with E-state index in [-0.39, 0.29) is 8.72 Å². The van der Waals surface area contributed by atoms with E-state index >= 15 is 0 Å². The predicted octanol–water partition coefficient (Wildman–Crippen LogP) is 2.62. The second-order valence-electron chi connectivity index (χ2n) is 1.52. The third-order valence-electron chi connectivity index (χ3n) is 0.875.